The molecule has 5 heteroatoms. The van der Waals surface area contributed by atoms with E-state index in [0.29, 0.717) is 5.56 Å². The van der Waals surface area contributed by atoms with Gasteiger partial charge in [0.1, 0.15) is 11.5 Å². The van der Waals surface area contributed by atoms with Gasteiger partial charge in [0.05, 0.1) is 12.1 Å². The van der Waals surface area contributed by atoms with Crippen molar-refractivity contribution >= 4 is 12.4 Å². The van der Waals surface area contributed by atoms with Crippen molar-refractivity contribution < 1.29 is 15.3 Å². The summed E-state index contributed by atoms with van der Waals surface area (Å²) in [6, 6.07) is 3.56. The number of nitrogens with two attached hydrogens (primary N) is 1. The summed E-state index contributed by atoms with van der Waals surface area (Å²) in [5.41, 5.74) is 6.37. The van der Waals surface area contributed by atoms with Crippen LogP contribution in [0.4, 0.5) is 0 Å². The Bertz CT molecular complexity index is 394. The Labute approximate surface area is 113 Å². The molecule has 1 aromatic rings. The molecule has 0 heterocycles. The van der Waals surface area contributed by atoms with Crippen LogP contribution in [0.5, 0.6) is 11.5 Å². The maximum atomic E-state index is 10.2. The summed E-state index contributed by atoms with van der Waals surface area (Å²) in [5.74, 6) is 0.269. The second kappa shape index (κ2) is 6.27. The highest BCUT2D eigenvalue weighted by Gasteiger charge is 2.30. The number of rotatable bonds is 3. The molecule has 2 rings (SSSR count). The van der Waals surface area contributed by atoms with Crippen molar-refractivity contribution in [1.29, 1.82) is 0 Å². The molecule has 5 N–H and O–H groups in total. The quantitative estimate of drug-likeness (QED) is 0.635. The van der Waals surface area contributed by atoms with Gasteiger partial charge in [0.25, 0.3) is 0 Å². The van der Waals surface area contributed by atoms with Gasteiger partial charge in [-0.05, 0) is 37.0 Å². The molecule has 102 valence electrons. The van der Waals surface area contributed by atoms with Gasteiger partial charge in [0.2, 0.25) is 0 Å². The molecule has 1 aliphatic carbocycles. The van der Waals surface area contributed by atoms with Gasteiger partial charge >= 0.3 is 0 Å². The van der Waals surface area contributed by atoms with E-state index in [2.05, 4.69) is 0 Å². The monoisotopic (exact) mass is 273 g/mol. The summed E-state index contributed by atoms with van der Waals surface area (Å²) in [5, 5.41) is 29.2. The zero-order valence-electron chi connectivity index (χ0n) is 10.1. The highest BCUT2D eigenvalue weighted by molar-refractivity contribution is 5.85. The zero-order valence-corrected chi connectivity index (χ0v) is 10.9. The summed E-state index contributed by atoms with van der Waals surface area (Å²) < 4.78 is 0. The predicted octanol–water partition coefficient (Wildman–Crippen LogP) is 2.07. The number of benzene rings is 1. The molecule has 1 saturated carbocycles. The topological polar surface area (TPSA) is 86.7 Å². The zero-order chi connectivity index (χ0) is 12.4. The van der Waals surface area contributed by atoms with E-state index in [1.54, 1.807) is 0 Å². The standard InChI is InChI=1S/C13H19NO3.ClH/c14-12(13(17)8-3-1-2-4-8)10-7-9(15)5-6-11(10)16;/h5-8,12-13,15-17H,1-4,14H2;1H/t12-,13+;/m1./s1. The van der Waals surface area contributed by atoms with E-state index < -0.39 is 12.1 Å². The second-order valence-electron chi connectivity index (χ2n) is 4.80. The Morgan fingerprint density at radius 2 is 1.78 bits per heavy atom. The van der Waals surface area contributed by atoms with Gasteiger partial charge in [-0.3, -0.25) is 0 Å². The molecule has 0 unspecified atom stereocenters. The van der Waals surface area contributed by atoms with Crippen molar-refractivity contribution in [3.8, 4) is 11.5 Å². The van der Waals surface area contributed by atoms with E-state index >= 15 is 0 Å². The summed E-state index contributed by atoms with van der Waals surface area (Å²) >= 11 is 0. The van der Waals surface area contributed by atoms with Gasteiger partial charge in [-0.15, -0.1) is 12.4 Å². The van der Waals surface area contributed by atoms with Gasteiger partial charge in [-0.25, -0.2) is 0 Å². The van der Waals surface area contributed by atoms with Crippen LogP contribution in [-0.2, 0) is 0 Å². The minimum atomic E-state index is -0.662. The first-order valence-corrected chi connectivity index (χ1v) is 6.05. The molecular weight excluding hydrogens is 254 g/mol. The Kier molecular flexibility index (Phi) is 5.26. The SMILES string of the molecule is Cl.N[C@H](c1cc(O)ccc1O)[C@@H](O)C1CCCC1. The largest absolute Gasteiger partial charge is 0.508 e. The van der Waals surface area contributed by atoms with E-state index in [4.69, 9.17) is 5.73 Å². The number of phenols is 2. The lowest BCUT2D eigenvalue weighted by atomic mass is 9.90. The Hall–Kier alpha value is -0.970. The number of aliphatic hydroxyl groups is 1. The van der Waals surface area contributed by atoms with Gasteiger partial charge < -0.3 is 21.1 Å². The van der Waals surface area contributed by atoms with Crippen LogP contribution >= 0.6 is 12.4 Å². The molecule has 2 atom stereocenters. The van der Waals surface area contributed by atoms with Crippen molar-refractivity contribution in [3.63, 3.8) is 0 Å². The smallest absolute Gasteiger partial charge is 0.120 e. The normalized spacial score (nSPS) is 19.2. The number of hydrogen-bond acceptors (Lipinski definition) is 4. The third-order valence-corrected chi connectivity index (χ3v) is 3.62. The van der Waals surface area contributed by atoms with Crippen LogP contribution in [0.15, 0.2) is 18.2 Å². The third kappa shape index (κ3) is 3.07. The van der Waals surface area contributed by atoms with Crippen LogP contribution in [-0.4, -0.2) is 21.4 Å². The van der Waals surface area contributed by atoms with Crippen molar-refractivity contribution in [2.24, 2.45) is 11.7 Å². The summed E-state index contributed by atoms with van der Waals surface area (Å²) in [4.78, 5) is 0. The maximum Gasteiger partial charge on any atom is 0.120 e. The van der Waals surface area contributed by atoms with Crippen LogP contribution in [0, 0.1) is 5.92 Å². The molecule has 0 radical (unpaired) electrons. The molecule has 1 fully saturated rings. The third-order valence-electron chi connectivity index (χ3n) is 3.62. The minimum absolute atomic E-state index is 0. The van der Waals surface area contributed by atoms with Gasteiger partial charge in [-0.1, -0.05) is 12.8 Å². The molecule has 1 aromatic carbocycles. The van der Waals surface area contributed by atoms with Crippen molar-refractivity contribution in [2.45, 2.75) is 37.8 Å². The first-order valence-electron chi connectivity index (χ1n) is 6.05. The van der Waals surface area contributed by atoms with Crippen molar-refractivity contribution in [1.82, 2.24) is 0 Å². The second-order valence-corrected chi connectivity index (χ2v) is 4.80. The fourth-order valence-corrected chi connectivity index (χ4v) is 2.58. The van der Waals surface area contributed by atoms with Gasteiger partial charge in [0.15, 0.2) is 0 Å². The molecule has 0 amide bonds. The Balaban J connectivity index is 0.00000162. The fourth-order valence-electron chi connectivity index (χ4n) is 2.58. The number of aliphatic hydroxyl groups excluding tert-OH is 1. The first-order chi connectivity index (χ1) is 8.09. The van der Waals surface area contributed by atoms with E-state index in [1.165, 1.54) is 18.2 Å². The summed E-state index contributed by atoms with van der Waals surface area (Å²) in [6.45, 7) is 0. The molecule has 18 heavy (non-hydrogen) atoms. The van der Waals surface area contributed by atoms with Crippen molar-refractivity contribution in [3.05, 3.63) is 23.8 Å². The van der Waals surface area contributed by atoms with E-state index in [0.717, 1.165) is 25.7 Å². The Morgan fingerprint density at radius 1 is 1.17 bits per heavy atom. The lowest BCUT2D eigenvalue weighted by Crippen LogP contribution is -2.31. The Morgan fingerprint density at radius 3 is 2.39 bits per heavy atom. The summed E-state index contributed by atoms with van der Waals surface area (Å²) in [7, 11) is 0. The number of halogens is 1. The van der Waals surface area contributed by atoms with Crippen LogP contribution in [0.25, 0.3) is 0 Å². The molecule has 0 aromatic heterocycles. The van der Waals surface area contributed by atoms with Crippen LogP contribution in [0.3, 0.4) is 0 Å². The first kappa shape index (κ1) is 15.1. The number of phenolic OH excluding ortho intramolecular Hbond substituents is 2. The lowest BCUT2D eigenvalue weighted by molar-refractivity contribution is 0.0835. The number of hydrogen-bond donors (Lipinski definition) is 4. The van der Waals surface area contributed by atoms with Gasteiger partial charge in [-0.2, -0.15) is 0 Å². The molecule has 0 aliphatic heterocycles. The van der Waals surface area contributed by atoms with Crippen LogP contribution < -0.4 is 5.73 Å². The average molecular weight is 274 g/mol. The molecule has 4 nitrogen and oxygen atoms in total. The highest BCUT2D eigenvalue weighted by atomic mass is 35.5. The van der Waals surface area contributed by atoms with Crippen LogP contribution in [0.2, 0.25) is 0 Å². The lowest BCUT2D eigenvalue weighted by Gasteiger charge is -2.25. The molecule has 1 aliphatic rings. The van der Waals surface area contributed by atoms with Crippen LogP contribution in [0.1, 0.15) is 37.3 Å². The van der Waals surface area contributed by atoms with E-state index in [-0.39, 0.29) is 29.8 Å². The average Bonchev–Trinajstić information content (AvgIpc) is 2.84. The molecule has 0 bridgehead atoms. The highest BCUT2D eigenvalue weighted by Crippen LogP contribution is 2.35. The predicted molar refractivity (Wildman–Crippen MR) is 71.9 cm³/mol. The minimum Gasteiger partial charge on any atom is -0.508 e. The van der Waals surface area contributed by atoms with E-state index in [1.807, 2.05) is 0 Å². The fraction of sp³-hybridized carbons (Fsp3) is 0.538. The van der Waals surface area contributed by atoms with Crippen molar-refractivity contribution in [2.75, 3.05) is 0 Å². The van der Waals surface area contributed by atoms with Gasteiger partial charge in [0, 0.05) is 5.56 Å². The molecule has 0 spiro atoms. The van der Waals surface area contributed by atoms with E-state index in [9.17, 15) is 15.3 Å². The number of aromatic hydroxyl groups is 2. The maximum absolute atomic E-state index is 10.2. The molecular formula is C13H20ClNO3. The molecule has 0 saturated heterocycles. The summed E-state index contributed by atoms with van der Waals surface area (Å²) in [6.07, 6.45) is 3.55.